The third-order valence-electron chi connectivity index (χ3n) is 4.34. The van der Waals surface area contributed by atoms with Crippen molar-refractivity contribution < 1.29 is 0 Å². The normalized spacial score (nSPS) is 11.1. The Morgan fingerprint density at radius 3 is 2.59 bits per heavy atom. The minimum absolute atomic E-state index is 0.436. The molecule has 4 heteroatoms. The minimum Gasteiger partial charge on any atom is -0.270 e. The van der Waals surface area contributed by atoms with Crippen molar-refractivity contribution in [2.75, 3.05) is 0 Å². The zero-order chi connectivity index (χ0) is 18.5. The Morgan fingerprint density at radius 1 is 0.926 bits per heavy atom. The van der Waals surface area contributed by atoms with Crippen molar-refractivity contribution in [3.05, 3.63) is 84.2 Å². The van der Waals surface area contributed by atoms with Crippen molar-refractivity contribution in [1.29, 1.82) is 5.26 Å². The van der Waals surface area contributed by atoms with Crippen LogP contribution < -0.4 is 0 Å². The topological polar surface area (TPSA) is 54.5 Å². The number of hydrogen-bond donors (Lipinski definition) is 0. The van der Waals surface area contributed by atoms with Crippen molar-refractivity contribution >= 4 is 23.1 Å². The smallest absolute Gasteiger partial charge is 0.0995 e. The van der Waals surface area contributed by atoms with Crippen LogP contribution >= 0.6 is 0 Å². The Labute approximate surface area is 158 Å². The van der Waals surface area contributed by atoms with E-state index in [0.717, 1.165) is 33.4 Å². The molecule has 2 aromatic heterocycles. The van der Waals surface area contributed by atoms with E-state index >= 15 is 0 Å². The van der Waals surface area contributed by atoms with E-state index in [1.54, 1.807) is 0 Å². The van der Waals surface area contributed by atoms with Gasteiger partial charge in [-0.15, -0.1) is 0 Å². The molecule has 0 N–H and O–H groups in total. The number of aryl methyl sites for hydroxylation is 1. The quantitative estimate of drug-likeness (QED) is 0.498. The van der Waals surface area contributed by atoms with Crippen LogP contribution in [0.4, 0.5) is 0 Å². The highest BCUT2D eigenvalue weighted by atomic mass is 15.3. The molecule has 0 aliphatic heterocycles. The SMILES string of the molecule is N#CCCn1cc(C=Cc2ccc3ccccc3n2)c(-c2ccccc2)n1. The number of pyridine rings is 1. The first-order chi connectivity index (χ1) is 13.3. The van der Waals surface area contributed by atoms with Crippen LogP contribution in [0.5, 0.6) is 0 Å². The minimum atomic E-state index is 0.436. The predicted octanol–water partition coefficient (Wildman–Crippen LogP) is 5.18. The first-order valence-corrected chi connectivity index (χ1v) is 8.87. The van der Waals surface area contributed by atoms with Crippen LogP contribution in [-0.4, -0.2) is 14.8 Å². The maximum atomic E-state index is 8.85. The molecule has 0 amide bonds. The lowest BCUT2D eigenvalue weighted by molar-refractivity contribution is 0.629. The molecule has 4 aromatic rings. The van der Waals surface area contributed by atoms with Gasteiger partial charge in [-0.2, -0.15) is 10.4 Å². The fourth-order valence-electron chi connectivity index (χ4n) is 3.01. The van der Waals surface area contributed by atoms with E-state index in [4.69, 9.17) is 10.2 Å². The highest BCUT2D eigenvalue weighted by molar-refractivity contribution is 5.82. The summed E-state index contributed by atoms with van der Waals surface area (Å²) in [6.07, 6.45) is 6.46. The predicted molar refractivity (Wildman–Crippen MR) is 109 cm³/mol. The number of fused-ring (bicyclic) bond motifs is 1. The molecule has 27 heavy (non-hydrogen) atoms. The van der Waals surface area contributed by atoms with Gasteiger partial charge in [-0.05, 0) is 24.3 Å². The van der Waals surface area contributed by atoms with Gasteiger partial charge in [0, 0.05) is 22.7 Å². The Morgan fingerprint density at radius 2 is 1.74 bits per heavy atom. The van der Waals surface area contributed by atoms with Crippen molar-refractivity contribution in [3.8, 4) is 17.3 Å². The van der Waals surface area contributed by atoms with Gasteiger partial charge < -0.3 is 0 Å². The molecule has 0 bridgehead atoms. The van der Waals surface area contributed by atoms with E-state index in [1.807, 2.05) is 77.6 Å². The van der Waals surface area contributed by atoms with Gasteiger partial charge in [0.25, 0.3) is 0 Å². The van der Waals surface area contributed by atoms with Gasteiger partial charge in [-0.3, -0.25) is 4.68 Å². The van der Waals surface area contributed by atoms with Crippen LogP contribution in [0, 0.1) is 11.3 Å². The number of nitriles is 1. The van der Waals surface area contributed by atoms with Crippen LogP contribution in [0.3, 0.4) is 0 Å². The summed E-state index contributed by atoms with van der Waals surface area (Å²) < 4.78 is 1.83. The van der Waals surface area contributed by atoms with Crippen LogP contribution in [0.2, 0.25) is 0 Å². The summed E-state index contributed by atoms with van der Waals surface area (Å²) in [6, 6.07) is 24.4. The molecule has 130 valence electrons. The second-order valence-corrected chi connectivity index (χ2v) is 6.23. The third-order valence-corrected chi connectivity index (χ3v) is 4.34. The lowest BCUT2D eigenvalue weighted by atomic mass is 10.1. The fraction of sp³-hybridized carbons (Fsp3) is 0.0870. The summed E-state index contributed by atoms with van der Waals surface area (Å²) in [5.74, 6) is 0. The molecule has 0 unspecified atom stereocenters. The molecule has 0 spiro atoms. The molecule has 2 heterocycles. The van der Waals surface area contributed by atoms with E-state index in [-0.39, 0.29) is 0 Å². The zero-order valence-corrected chi connectivity index (χ0v) is 14.8. The first kappa shape index (κ1) is 16.7. The van der Waals surface area contributed by atoms with Gasteiger partial charge in [0.05, 0.1) is 35.9 Å². The Kier molecular flexibility index (Phi) is 4.76. The molecule has 4 nitrogen and oxygen atoms in total. The molecule has 0 atom stereocenters. The van der Waals surface area contributed by atoms with E-state index < -0.39 is 0 Å². The molecule has 0 radical (unpaired) electrons. The van der Waals surface area contributed by atoms with Gasteiger partial charge in [-0.1, -0.05) is 54.6 Å². The summed E-state index contributed by atoms with van der Waals surface area (Å²) in [5.41, 5.74) is 4.85. The summed E-state index contributed by atoms with van der Waals surface area (Å²) in [5, 5.41) is 14.6. The van der Waals surface area contributed by atoms with Gasteiger partial charge in [-0.25, -0.2) is 4.98 Å². The Balaban J connectivity index is 1.69. The number of nitrogens with zero attached hydrogens (tertiary/aromatic N) is 4. The molecule has 0 aliphatic rings. The molecule has 0 fully saturated rings. The number of aromatic nitrogens is 3. The number of rotatable bonds is 5. The lowest BCUT2D eigenvalue weighted by Crippen LogP contribution is -1.97. The van der Waals surface area contributed by atoms with Crippen LogP contribution in [0.1, 0.15) is 17.7 Å². The highest BCUT2D eigenvalue weighted by Crippen LogP contribution is 2.24. The molecule has 2 aromatic carbocycles. The Bertz CT molecular complexity index is 1130. The monoisotopic (exact) mass is 350 g/mol. The van der Waals surface area contributed by atoms with Crippen LogP contribution in [0.15, 0.2) is 72.9 Å². The summed E-state index contributed by atoms with van der Waals surface area (Å²) in [7, 11) is 0. The number of hydrogen-bond acceptors (Lipinski definition) is 3. The molecular formula is C23H18N4. The first-order valence-electron chi connectivity index (χ1n) is 8.87. The second-order valence-electron chi connectivity index (χ2n) is 6.23. The summed E-state index contributed by atoms with van der Waals surface area (Å²) in [6.45, 7) is 0.582. The van der Waals surface area contributed by atoms with E-state index in [9.17, 15) is 0 Å². The third kappa shape index (κ3) is 3.78. The maximum absolute atomic E-state index is 8.85. The van der Waals surface area contributed by atoms with Crippen LogP contribution in [0.25, 0.3) is 34.3 Å². The lowest BCUT2D eigenvalue weighted by Gasteiger charge is -2.00. The molecule has 0 saturated heterocycles. The molecule has 0 aliphatic carbocycles. The molecule has 4 rings (SSSR count). The van der Waals surface area contributed by atoms with Crippen molar-refractivity contribution in [3.63, 3.8) is 0 Å². The maximum Gasteiger partial charge on any atom is 0.0995 e. The molecular weight excluding hydrogens is 332 g/mol. The van der Waals surface area contributed by atoms with E-state index in [2.05, 4.69) is 23.3 Å². The largest absolute Gasteiger partial charge is 0.270 e. The van der Waals surface area contributed by atoms with Gasteiger partial charge >= 0.3 is 0 Å². The standard InChI is InChI=1S/C23H18N4/c24-15-6-16-27-17-20(23(26-27)19-8-2-1-3-9-19)12-14-21-13-11-18-7-4-5-10-22(18)25-21/h1-5,7-14,17H,6,16H2. The fourth-order valence-corrected chi connectivity index (χ4v) is 3.01. The van der Waals surface area contributed by atoms with Crippen LogP contribution in [-0.2, 0) is 6.54 Å². The number of benzene rings is 2. The second kappa shape index (κ2) is 7.67. The summed E-state index contributed by atoms with van der Waals surface area (Å²) >= 11 is 0. The Hall–Kier alpha value is -3.71. The van der Waals surface area contributed by atoms with E-state index in [0.29, 0.717) is 13.0 Å². The van der Waals surface area contributed by atoms with Crippen molar-refractivity contribution in [2.45, 2.75) is 13.0 Å². The zero-order valence-electron chi connectivity index (χ0n) is 14.8. The average molecular weight is 350 g/mol. The number of para-hydroxylation sites is 1. The summed E-state index contributed by atoms with van der Waals surface area (Å²) in [4.78, 5) is 4.69. The van der Waals surface area contributed by atoms with Gasteiger partial charge in [0.15, 0.2) is 0 Å². The highest BCUT2D eigenvalue weighted by Gasteiger charge is 2.09. The van der Waals surface area contributed by atoms with Gasteiger partial charge in [0.2, 0.25) is 0 Å². The van der Waals surface area contributed by atoms with Crippen molar-refractivity contribution in [1.82, 2.24) is 14.8 Å². The van der Waals surface area contributed by atoms with Gasteiger partial charge in [0.1, 0.15) is 0 Å². The molecule has 0 saturated carbocycles. The average Bonchev–Trinajstić information content (AvgIpc) is 3.14. The van der Waals surface area contributed by atoms with Crippen molar-refractivity contribution in [2.24, 2.45) is 0 Å². The van der Waals surface area contributed by atoms with E-state index in [1.165, 1.54) is 0 Å².